The normalized spacial score (nSPS) is 11.2. The van der Waals surface area contributed by atoms with E-state index in [-0.39, 0.29) is 12.6 Å². The molecule has 0 atom stereocenters. The molecule has 0 saturated heterocycles. The molecule has 0 amide bonds. The summed E-state index contributed by atoms with van der Waals surface area (Å²) in [7, 11) is 0. The van der Waals surface area contributed by atoms with E-state index in [1.807, 2.05) is 49.4 Å². The fraction of sp³-hybridized carbons (Fsp3) is 0.333. The summed E-state index contributed by atoms with van der Waals surface area (Å²) in [6.45, 7) is 4.73. The summed E-state index contributed by atoms with van der Waals surface area (Å²) < 4.78 is 10.6. The molecule has 27 heavy (non-hydrogen) atoms. The lowest BCUT2D eigenvalue weighted by Gasteiger charge is -2.07. The standard InChI is InChI=1S/C21H27N3O3/c1-2-26-13-7-12-23-21(22)24-15-18-10-6-11-19(14-18)20(25)27-16-17-8-4-3-5-9-17/h3-6,8-11,14H,2,7,12-13,15-16H2,1H3,(H3,22,23,24). The van der Waals surface area contributed by atoms with Gasteiger partial charge in [-0.25, -0.2) is 9.79 Å². The van der Waals surface area contributed by atoms with Crippen molar-refractivity contribution in [2.45, 2.75) is 26.5 Å². The third-order valence-corrected chi connectivity index (χ3v) is 3.78. The molecule has 2 aromatic rings. The lowest BCUT2D eigenvalue weighted by atomic mass is 10.1. The van der Waals surface area contributed by atoms with Crippen LogP contribution in [0.4, 0.5) is 0 Å². The molecule has 0 bridgehead atoms. The molecule has 0 aliphatic rings. The van der Waals surface area contributed by atoms with Crippen molar-refractivity contribution in [1.29, 1.82) is 0 Å². The molecule has 144 valence electrons. The Balaban J connectivity index is 1.81. The average Bonchev–Trinajstić information content (AvgIpc) is 2.71. The molecular formula is C21H27N3O3. The molecule has 0 aromatic heterocycles. The number of nitrogens with one attached hydrogen (secondary N) is 1. The minimum atomic E-state index is -0.355. The molecule has 0 radical (unpaired) electrons. The van der Waals surface area contributed by atoms with Crippen LogP contribution >= 0.6 is 0 Å². The van der Waals surface area contributed by atoms with Gasteiger partial charge in [0.25, 0.3) is 0 Å². The van der Waals surface area contributed by atoms with Crippen LogP contribution in [0.3, 0.4) is 0 Å². The molecule has 6 nitrogen and oxygen atoms in total. The molecule has 0 unspecified atom stereocenters. The van der Waals surface area contributed by atoms with Gasteiger partial charge in [-0.2, -0.15) is 0 Å². The first-order valence-corrected chi connectivity index (χ1v) is 9.10. The molecule has 0 spiro atoms. The zero-order chi connectivity index (χ0) is 19.3. The molecule has 0 saturated carbocycles. The smallest absolute Gasteiger partial charge is 0.338 e. The van der Waals surface area contributed by atoms with E-state index in [1.165, 1.54) is 0 Å². The van der Waals surface area contributed by atoms with E-state index in [1.54, 1.807) is 12.1 Å². The van der Waals surface area contributed by atoms with E-state index >= 15 is 0 Å². The molecule has 6 heteroatoms. The number of benzene rings is 2. The minimum Gasteiger partial charge on any atom is -0.457 e. The highest BCUT2D eigenvalue weighted by molar-refractivity contribution is 5.89. The third-order valence-electron chi connectivity index (χ3n) is 3.78. The van der Waals surface area contributed by atoms with E-state index in [2.05, 4.69) is 10.3 Å². The van der Waals surface area contributed by atoms with Gasteiger partial charge in [-0.3, -0.25) is 0 Å². The Morgan fingerprint density at radius 3 is 2.67 bits per heavy atom. The predicted molar refractivity (Wildman–Crippen MR) is 106 cm³/mol. The summed E-state index contributed by atoms with van der Waals surface area (Å²) >= 11 is 0. The van der Waals surface area contributed by atoms with Gasteiger partial charge >= 0.3 is 5.97 Å². The number of nitrogens with two attached hydrogens (primary N) is 1. The van der Waals surface area contributed by atoms with Gasteiger partial charge in [0.2, 0.25) is 0 Å². The highest BCUT2D eigenvalue weighted by Crippen LogP contribution is 2.10. The zero-order valence-corrected chi connectivity index (χ0v) is 15.7. The largest absolute Gasteiger partial charge is 0.457 e. The zero-order valence-electron chi connectivity index (χ0n) is 15.7. The Labute approximate surface area is 160 Å². The van der Waals surface area contributed by atoms with Crippen LogP contribution in [-0.4, -0.2) is 31.7 Å². The molecule has 2 aromatic carbocycles. The third kappa shape index (κ3) is 7.92. The van der Waals surface area contributed by atoms with Crippen molar-refractivity contribution in [3.05, 3.63) is 71.3 Å². The van der Waals surface area contributed by atoms with Crippen molar-refractivity contribution >= 4 is 11.9 Å². The molecular weight excluding hydrogens is 342 g/mol. The lowest BCUT2D eigenvalue weighted by Crippen LogP contribution is -2.32. The van der Waals surface area contributed by atoms with Crippen LogP contribution in [0.25, 0.3) is 0 Å². The maximum absolute atomic E-state index is 12.2. The van der Waals surface area contributed by atoms with E-state index in [4.69, 9.17) is 15.2 Å². The second-order valence-electron chi connectivity index (χ2n) is 5.94. The van der Waals surface area contributed by atoms with Crippen LogP contribution in [0.15, 0.2) is 59.6 Å². The van der Waals surface area contributed by atoms with Crippen LogP contribution in [0.1, 0.15) is 34.8 Å². The van der Waals surface area contributed by atoms with E-state index in [0.717, 1.165) is 17.5 Å². The highest BCUT2D eigenvalue weighted by atomic mass is 16.5. The Bertz CT molecular complexity index is 732. The Morgan fingerprint density at radius 2 is 1.89 bits per heavy atom. The van der Waals surface area contributed by atoms with E-state index < -0.39 is 0 Å². The van der Waals surface area contributed by atoms with Crippen LogP contribution in [0, 0.1) is 0 Å². The number of ether oxygens (including phenoxy) is 2. The van der Waals surface area contributed by atoms with Crippen molar-refractivity contribution < 1.29 is 14.3 Å². The number of carbonyl (C=O) groups excluding carboxylic acids is 1. The van der Waals surface area contributed by atoms with E-state index in [0.29, 0.717) is 37.8 Å². The number of aliphatic imine (C=N–C) groups is 1. The maximum Gasteiger partial charge on any atom is 0.338 e. The summed E-state index contributed by atoms with van der Waals surface area (Å²) in [6.07, 6.45) is 0.868. The van der Waals surface area contributed by atoms with Gasteiger partial charge in [0.05, 0.1) is 12.1 Å². The number of hydrogen-bond acceptors (Lipinski definition) is 4. The van der Waals surface area contributed by atoms with Crippen LogP contribution in [0.2, 0.25) is 0 Å². The number of carbonyl (C=O) groups is 1. The summed E-state index contributed by atoms with van der Waals surface area (Å²) in [4.78, 5) is 16.5. The number of rotatable bonds is 10. The number of nitrogens with zero attached hydrogens (tertiary/aromatic N) is 1. The summed E-state index contributed by atoms with van der Waals surface area (Å²) in [5, 5.41) is 3.04. The van der Waals surface area contributed by atoms with Crippen molar-refractivity contribution in [3.63, 3.8) is 0 Å². The predicted octanol–water partition coefficient (Wildman–Crippen LogP) is 2.87. The Kier molecular flexibility index (Phi) is 8.86. The number of guanidine groups is 1. The molecule has 3 N–H and O–H groups in total. The average molecular weight is 369 g/mol. The SMILES string of the molecule is CCOCCCNC(N)=NCc1cccc(C(=O)OCc2ccccc2)c1. The van der Waals surface area contributed by atoms with Gasteiger partial charge in [0, 0.05) is 19.8 Å². The van der Waals surface area contributed by atoms with Crippen molar-refractivity contribution in [3.8, 4) is 0 Å². The summed E-state index contributed by atoms with van der Waals surface area (Å²) in [5.41, 5.74) is 8.20. The van der Waals surface area contributed by atoms with Gasteiger partial charge in [0.15, 0.2) is 5.96 Å². The van der Waals surface area contributed by atoms with Gasteiger partial charge < -0.3 is 20.5 Å². The Morgan fingerprint density at radius 1 is 1.11 bits per heavy atom. The van der Waals surface area contributed by atoms with Gasteiger partial charge in [-0.1, -0.05) is 42.5 Å². The molecule has 0 aliphatic heterocycles. The van der Waals surface area contributed by atoms with Crippen molar-refractivity contribution in [1.82, 2.24) is 5.32 Å². The number of hydrogen-bond donors (Lipinski definition) is 2. The highest BCUT2D eigenvalue weighted by Gasteiger charge is 2.08. The fourth-order valence-corrected chi connectivity index (χ4v) is 2.37. The molecule has 2 rings (SSSR count). The fourth-order valence-electron chi connectivity index (χ4n) is 2.37. The topological polar surface area (TPSA) is 85.9 Å². The quantitative estimate of drug-likeness (QED) is 0.291. The maximum atomic E-state index is 12.2. The monoisotopic (exact) mass is 369 g/mol. The van der Waals surface area contributed by atoms with Crippen LogP contribution in [-0.2, 0) is 22.6 Å². The molecule has 0 aliphatic carbocycles. The Hall–Kier alpha value is -2.86. The minimum absolute atomic E-state index is 0.251. The van der Waals surface area contributed by atoms with Gasteiger partial charge in [-0.05, 0) is 36.6 Å². The summed E-state index contributed by atoms with van der Waals surface area (Å²) in [6, 6.07) is 16.8. The second kappa shape index (κ2) is 11.7. The first-order chi connectivity index (χ1) is 13.2. The van der Waals surface area contributed by atoms with Crippen molar-refractivity contribution in [2.75, 3.05) is 19.8 Å². The molecule has 0 fully saturated rings. The van der Waals surface area contributed by atoms with Crippen LogP contribution in [0.5, 0.6) is 0 Å². The number of esters is 1. The molecule has 0 heterocycles. The van der Waals surface area contributed by atoms with Crippen molar-refractivity contribution in [2.24, 2.45) is 10.7 Å². The van der Waals surface area contributed by atoms with Crippen LogP contribution < -0.4 is 11.1 Å². The second-order valence-corrected chi connectivity index (χ2v) is 5.94. The van der Waals surface area contributed by atoms with Gasteiger partial charge in [0.1, 0.15) is 6.61 Å². The lowest BCUT2D eigenvalue weighted by molar-refractivity contribution is 0.0472. The first kappa shape index (κ1) is 20.5. The summed E-state index contributed by atoms with van der Waals surface area (Å²) in [5.74, 6) is 0.0234. The van der Waals surface area contributed by atoms with Gasteiger partial charge in [-0.15, -0.1) is 0 Å². The van der Waals surface area contributed by atoms with E-state index in [9.17, 15) is 4.79 Å². The first-order valence-electron chi connectivity index (χ1n) is 9.10.